The van der Waals surface area contributed by atoms with Crippen molar-refractivity contribution in [1.82, 2.24) is 10.4 Å². The first-order valence-electron chi connectivity index (χ1n) is 8.42. The Labute approximate surface area is 152 Å². The van der Waals surface area contributed by atoms with E-state index >= 15 is 0 Å². The number of benzene rings is 2. The van der Waals surface area contributed by atoms with Crippen LogP contribution in [0.15, 0.2) is 54.6 Å². The summed E-state index contributed by atoms with van der Waals surface area (Å²) < 4.78 is 11.1. The highest BCUT2D eigenvalue weighted by Gasteiger charge is 2.34. The van der Waals surface area contributed by atoms with E-state index in [0.717, 1.165) is 5.56 Å². The molecule has 1 aliphatic heterocycles. The summed E-state index contributed by atoms with van der Waals surface area (Å²) in [5.74, 6) is -0.225. The molecule has 1 atom stereocenters. The fourth-order valence-electron chi connectivity index (χ4n) is 2.58. The maximum absolute atomic E-state index is 12.8. The van der Waals surface area contributed by atoms with Crippen LogP contribution in [-0.2, 0) is 16.1 Å². The Balaban J connectivity index is 1.75. The van der Waals surface area contributed by atoms with Gasteiger partial charge in [0.05, 0.1) is 12.1 Å². The van der Waals surface area contributed by atoms with E-state index in [-0.39, 0.29) is 12.5 Å². The van der Waals surface area contributed by atoms with Gasteiger partial charge in [-0.3, -0.25) is 15.0 Å². The maximum atomic E-state index is 12.8. The van der Waals surface area contributed by atoms with Crippen LogP contribution in [0.3, 0.4) is 0 Å². The molecule has 0 fully saturated rings. The van der Waals surface area contributed by atoms with E-state index in [2.05, 4.69) is 5.43 Å². The number of hydrogen-bond donors (Lipinski definition) is 1. The van der Waals surface area contributed by atoms with E-state index < -0.39 is 17.7 Å². The normalized spacial score (nSPS) is 16.2. The van der Waals surface area contributed by atoms with Crippen LogP contribution in [0.5, 0.6) is 5.75 Å². The number of amides is 2. The highest BCUT2D eigenvalue weighted by atomic mass is 16.7. The van der Waals surface area contributed by atoms with Gasteiger partial charge in [-0.2, -0.15) is 0 Å². The number of nitrogens with zero attached hydrogens (tertiary/aromatic N) is 1. The largest absolute Gasteiger partial charge is 0.455 e. The van der Waals surface area contributed by atoms with Gasteiger partial charge in [0.1, 0.15) is 5.75 Å². The molecule has 1 unspecified atom stereocenters. The summed E-state index contributed by atoms with van der Waals surface area (Å²) in [4.78, 5) is 25.5. The van der Waals surface area contributed by atoms with Crippen LogP contribution < -0.4 is 10.2 Å². The molecule has 2 aromatic carbocycles. The number of carbonyl (C=O) groups is 2. The van der Waals surface area contributed by atoms with Gasteiger partial charge in [-0.1, -0.05) is 36.4 Å². The van der Waals surface area contributed by atoms with Gasteiger partial charge in [0.2, 0.25) is 0 Å². The van der Waals surface area contributed by atoms with Crippen molar-refractivity contribution in [3.63, 3.8) is 0 Å². The minimum absolute atomic E-state index is 0.274. The maximum Gasteiger partial charge on any atom is 0.308 e. The molecule has 0 radical (unpaired) electrons. The van der Waals surface area contributed by atoms with Gasteiger partial charge >= 0.3 is 5.91 Å². The minimum atomic E-state index is -1.11. The quantitative estimate of drug-likeness (QED) is 0.842. The number of hydrogen-bond acceptors (Lipinski definition) is 4. The Morgan fingerprint density at radius 3 is 2.38 bits per heavy atom. The number of hydrazine groups is 1. The van der Waals surface area contributed by atoms with E-state index in [0.29, 0.717) is 11.3 Å². The molecule has 6 heteroatoms. The number of nitrogens with one attached hydrogen (secondary N) is 1. The molecule has 0 aliphatic carbocycles. The predicted molar refractivity (Wildman–Crippen MR) is 96.2 cm³/mol. The minimum Gasteiger partial charge on any atom is -0.455 e. The molecular formula is C20H22N2O4. The summed E-state index contributed by atoms with van der Waals surface area (Å²) in [6.07, 6.45) is -1.11. The molecule has 1 aliphatic rings. The molecule has 6 nitrogen and oxygen atoms in total. The molecule has 0 bridgehead atoms. The van der Waals surface area contributed by atoms with Gasteiger partial charge in [-0.25, -0.2) is 5.01 Å². The molecular weight excluding hydrogens is 332 g/mol. The van der Waals surface area contributed by atoms with Crippen LogP contribution in [0, 0.1) is 0 Å². The SMILES string of the molecule is CC(C)(C)N(NC(=O)C1OCc2ccccc2O1)C(=O)c1ccccc1. The van der Waals surface area contributed by atoms with Crippen molar-refractivity contribution in [2.24, 2.45) is 0 Å². The highest BCUT2D eigenvalue weighted by molar-refractivity contribution is 5.96. The second-order valence-electron chi connectivity index (χ2n) is 7.02. The van der Waals surface area contributed by atoms with Crippen molar-refractivity contribution < 1.29 is 19.1 Å². The van der Waals surface area contributed by atoms with E-state index in [4.69, 9.17) is 9.47 Å². The molecule has 1 heterocycles. The van der Waals surface area contributed by atoms with Gasteiger partial charge < -0.3 is 9.47 Å². The van der Waals surface area contributed by atoms with Crippen LogP contribution in [-0.4, -0.2) is 28.7 Å². The summed E-state index contributed by atoms with van der Waals surface area (Å²) in [7, 11) is 0. The van der Waals surface area contributed by atoms with E-state index in [1.54, 1.807) is 30.3 Å². The third kappa shape index (κ3) is 3.86. The highest BCUT2D eigenvalue weighted by Crippen LogP contribution is 2.26. The molecule has 2 aromatic rings. The van der Waals surface area contributed by atoms with Crippen LogP contribution in [0.2, 0.25) is 0 Å². The Morgan fingerprint density at radius 2 is 1.69 bits per heavy atom. The number of para-hydroxylation sites is 1. The molecule has 136 valence electrons. The van der Waals surface area contributed by atoms with Crippen molar-refractivity contribution in [1.29, 1.82) is 0 Å². The second kappa shape index (κ2) is 7.17. The molecule has 3 rings (SSSR count). The summed E-state index contributed by atoms with van der Waals surface area (Å²) >= 11 is 0. The average molecular weight is 354 g/mol. The first-order valence-corrected chi connectivity index (χ1v) is 8.42. The van der Waals surface area contributed by atoms with E-state index in [1.165, 1.54) is 5.01 Å². The molecule has 0 spiro atoms. The standard InChI is InChI=1S/C20H22N2O4/c1-20(2,3)22(18(24)14-9-5-4-6-10-14)21-17(23)19-25-13-15-11-7-8-12-16(15)26-19/h4-12,19H,13H2,1-3H3,(H,21,23). The zero-order valence-electron chi connectivity index (χ0n) is 15.1. The van der Waals surface area contributed by atoms with Crippen molar-refractivity contribution in [2.45, 2.75) is 39.2 Å². The lowest BCUT2D eigenvalue weighted by Crippen LogP contribution is -2.59. The fourth-order valence-corrected chi connectivity index (χ4v) is 2.58. The third-order valence-corrected chi connectivity index (χ3v) is 3.93. The smallest absolute Gasteiger partial charge is 0.308 e. The lowest BCUT2D eigenvalue weighted by atomic mass is 10.1. The zero-order chi connectivity index (χ0) is 18.7. The molecule has 1 N–H and O–H groups in total. The van der Waals surface area contributed by atoms with Gasteiger partial charge in [-0.05, 0) is 39.0 Å². The zero-order valence-corrected chi connectivity index (χ0v) is 15.1. The summed E-state index contributed by atoms with van der Waals surface area (Å²) in [5, 5.41) is 1.30. The van der Waals surface area contributed by atoms with Crippen molar-refractivity contribution in [2.75, 3.05) is 0 Å². The Hall–Kier alpha value is -2.86. The Kier molecular flexibility index (Phi) is 4.95. The van der Waals surface area contributed by atoms with Crippen molar-refractivity contribution in [3.05, 3.63) is 65.7 Å². The fraction of sp³-hybridized carbons (Fsp3) is 0.300. The van der Waals surface area contributed by atoms with Crippen LogP contribution in [0.1, 0.15) is 36.7 Å². The van der Waals surface area contributed by atoms with Gasteiger partial charge in [0.25, 0.3) is 12.2 Å². The predicted octanol–water partition coefficient (Wildman–Crippen LogP) is 2.89. The number of fused-ring (bicyclic) bond motifs is 1. The van der Waals surface area contributed by atoms with Crippen LogP contribution in [0.4, 0.5) is 0 Å². The van der Waals surface area contributed by atoms with Gasteiger partial charge in [0.15, 0.2) is 0 Å². The van der Waals surface area contributed by atoms with Gasteiger partial charge in [-0.15, -0.1) is 0 Å². The summed E-state index contributed by atoms with van der Waals surface area (Å²) in [5.41, 5.74) is 3.38. The monoisotopic (exact) mass is 354 g/mol. The van der Waals surface area contributed by atoms with Crippen molar-refractivity contribution in [3.8, 4) is 5.75 Å². The molecule has 2 amide bonds. The molecule has 26 heavy (non-hydrogen) atoms. The number of rotatable bonds is 2. The third-order valence-electron chi connectivity index (χ3n) is 3.93. The summed E-state index contributed by atoms with van der Waals surface area (Å²) in [6, 6.07) is 16.2. The van der Waals surface area contributed by atoms with Gasteiger partial charge in [0, 0.05) is 11.1 Å². The molecule has 0 saturated heterocycles. The Bertz CT molecular complexity index is 799. The van der Waals surface area contributed by atoms with E-state index in [1.807, 2.05) is 45.0 Å². The average Bonchev–Trinajstić information content (AvgIpc) is 2.64. The van der Waals surface area contributed by atoms with Crippen molar-refractivity contribution >= 4 is 11.8 Å². The number of carbonyl (C=O) groups excluding carboxylic acids is 2. The molecule has 0 aromatic heterocycles. The molecule has 0 saturated carbocycles. The van der Waals surface area contributed by atoms with Crippen LogP contribution in [0.25, 0.3) is 0 Å². The summed E-state index contributed by atoms with van der Waals surface area (Å²) in [6.45, 7) is 5.79. The first-order chi connectivity index (χ1) is 12.4. The topological polar surface area (TPSA) is 67.9 Å². The lowest BCUT2D eigenvalue weighted by Gasteiger charge is -2.36. The van der Waals surface area contributed by atoms with E-state index in [9.17, 15) is 9.59 Å². The lowest BCUT2D eigenvalue weighted by molar-refractivity contribution is -0.165. The number of ether oxygens (including phenoxy) is 2. The Morgan fingerprint density at radius 1 is 1.04 bits per heavy atom. The first kappa shape index (κ1) is 17.9. The second-order valence-corrected chi connectivity index (χ2v) is 7.02. The van der Waals surface area contributed by atoms with Crippen LogP contribution >= 0.6 is 0 Å².